The molecule has 2 rings (SSSR count). The maximum atomic E-state index is 12.9. The molecule has 154 valence electrons. The number of hydrogen-bond donors (Lipinski definition) is 0. The fraction of sp³-hybridized carbons (Fsp3) is 0.417. The van der Waals surface area contributed by atoms with Gasteiger partial charge in [-0.05, 0) is 51.5 Å². The zero-order valence-electron chi connectivity index (χ0n) is 17.1. The fourth-order valence-corrected chi connectivity index (χ4v) is 3.30. The molecule has 29 heavy (non-hydrogen) atoms. The van der Waals surface area contributed by atoms with Gasteiger partial charge in [0.15, 0.2) is 5.78 Å². The van der Waals surface area contributed by atoms with Gasteiger partial charge in [-0.3, -0.25) is 24.1 Å². The predicted molar refractivity (Wildman–Crippen MR) is 113 cm³/mol. The smallest absolute Gasteiger partial charge is 0.251 e. The van der Waals surface area contributed by atoms with E-state index in [1.54, 1.807) is 12.2 Å². The fourth-order valence-electron chi connectivity index (χ4n) is 3.30. The van der Waals surface area contributed by atoms with Crippen LogP contribution >= 0.6 is 0 Å². The van der Waals surface area contributed by atoms with Crippen molar-refractivity contribution in [2.24, 2.45) is 0 Å². The largest absolute Gasteiger partial charge is 0.298 e. The number of hydrogen-bond acceptors (Lipinski definition) is 4. The lowest BCUT2D eigenvalue weighted by Crippen LogP contribution is -2.38. The van der Waals surface area contributed by atoms with Gasteiger partial charge in [0.25, 0.3) is 5.91 Å². The Bertz CT molecular complexity index is 796. The third-order valence-electron chi connectivity index (χ3n) is 4.78. The van der Waals surface area contributed by atoms with Crippen molar-refractivity contribution in [2.75, 3.05) is 6.54 Å². The molecule has 0 unspecified atom stereocenters. The highest BCUT2D eigenvalue weighted by Crippen LogP contribution is 2.22. The lowest BCUT2D eigenvalue weighted by molar-refractivity contribution is -0.131. The highest BCUT2D eigenvalue weighted by Gasteiger charge is 2.29. The molecule has 5 heteroatoms. The number of amides is 1. The minimum atomic E-state index is -0.490. The van der Waals surface area contributed by atoms with Gasteiger partial charge in [-0.1, -0.05) is 43.2 Å². The summed E-state index contributed by atoms with van der Waals surface area (Å²) in [5.41, 5.74) is 0.402. The zero-order valence-corrected chi connectivity index (χ0v) is 17.1. The Labute approximate surface area is 172 Å². The van der Waals surface area contributed by atoms with Gasteiger partial charge >= 0.3 is 0 Å². The summed E-state index contributed by atoms with van der Waals surface area (Å²) in [6.07, 6.45) is 20.9. The molecule has 2 aliphatic rings. The average molecular weight is 395 g/mol. The van der Waals surface area contributed by atoms with Crippen LogP contribution in [-0.4, -0.2) is 34.7 Å². The van der Waals surface area contributed by atoms with E-state index in [2.05, 4.69) is 12.2 Å². The number of carbonyl (C=O) groups excluding carboxylic acids is 4. The van der Waals surface area contributed by atoms with Crippen molar-refractivity contribution in [3.63, 3.8) is 0 Å². The van der Waals surface area contributed by atoms with E-state index in [0.29, 0.717) is 12.0 Å². The first-order valence-electron chi connectivity index (χ1n) is 10.3. The van der Waals surface area contributed by atoms with Crippen LogP contribution in [0.1, 0.15) is 58.3 Å². The Kier molecular flexibility index (Phi) is 9.22. The van der Waals surface area contributed by atoms with Crippen LogP contribution in [0.15, 0.2) is 59.9 Å². The third kappa shape index (κ3) is 7.60. The van der Waals surface area contributed by atoms with Crippen LogP contribution in [0, 0.1) is 0 Å². The monoisotopic (exact) mass is 395 g/mol. The molecule has 2 bridgehead atoms. The van der Waals surface area contributed by atoms with Gasteiger partial charge in [0.1, 0.15) is 5.78 Å². The first-order chi connectivity index (χ1) is 14.0. The summed E-state index contributed by atoms with van der Waals surface area (Å²) in [4.78, 5) is 50.5. The van der Waals surface area contributed by atoms with Gasteiger partial charge in [-0.15, -0.1) is 0 Å². The summed E-state index contributed by atoms with van der Waals surface area (Å²) in [5.74, 6) is -1.42. The van der Waals surface area contributed by atoms with Gasteiger partial charge in [-0.25, -0.2) is 0 Å². The SMILES string of the molecule is CC(=O)CN1C(=O)/C=C\C=C/CC/C=C\CCCCCCC2=CC(=O)C=C1C2=O. The second-order valence-electron chi connectivity index (χ2n) is 7.35. The van der Waals surface area contributed by atoms with Crippen molar-refractivity contribution in [3.8, 4) is 0 Å². The topological polar surface area (TPSA) is 71.5 Å². The normalized spacial score (nSPS) is 23.2. The maximum Gasteiger partial charge on any atom is 0.251 e. The van der Waals surface area contributed by atoms with Gasteiger partial charge in [0.05, 0.1) is 12.2 Å². The van der Waals surface area contributed by atoms with Crippen molar-refractivity contribution in [1.29, 1.82) is 0 Å². The summed E-state index contributed by atoms with van der Waals surface area (Å²) in [6.45, 7) is 1.11. The molecule has 0 N–H and O–H groups in total. The molecule has 0 saturated carbocycles. The molecule has 0 spiro atoms. The number of rotatable bonds is 2. The van der Waals surface area contributed by atoms with E-state index in [4.69, 9.17) is 0 Å². The van der Waals surface area contributed by atoms with Gasteiger partial charge < -0.3 is 0 Å². The predicted octanol–water partition coefficient (Wildman–Crippen LogP) is 4.17. The van der Waals surface area contributed by atoms with Crippen molar-refractivity contribution in [3.05, 3.63) is 59.9 Å². The Morgan fingerprint density at radius 2 is 1.62 bits per heavy atom. The second-order valence-corrected chi connectivity index (χ2v) is 7.35. The van der Waals surface area contributed by atoms with Crippen LogP contribution in [0.25, 0.3) is 0 Å². The van der Waals surface area contributed by atoms with E-state index >= 15 is 0 Å². The first kappa shape index (κ1) is 22.5. The van der Waals surface area contributed by atoms with E-state index in [9.17, 15) is 19.2 Å². The third-order valence-corrected chi connectivity index (χ3v) is 4.78. The van der Waals surface area contributed by atoms with Gasteiger partial charge in [-0.2, -0.15) is 0 Å². The highest BCUT2D eigenvalue weighted by molar-refractivity contribution is 6.21. The molecule has 0 radical (unpaired) electrons. The molecule has 0 aromatic heterocycles. The Balaban J connectivity index is 2.26. The summed E-state index contributed by atoms with van der Waals surface area (Å²) in [5, 5.41) is 0. The van der Waals surface area contributed by atoms with Crippen LogP contribution in [-0.2, 0) is 19.2 Å². The van der Waals surface area contributed by atoms with E-state index in [0.717, 1.165) is 55.9 Å². The molecule has 1 heterocycles. The van der Waals surface area contributed by atoms with Crippen molar-refractivity contribution < 1.29 is 19.2 Å². The summed E-state index contributed by atoms with van der Waals surface area (Å²) < 4.78 is 0. The van der Waals surface area contributed by atoms with E-state index < -0.39 is 5.91 Å². The van der Waals surface area contributed by atoms with Crippen LogP contribution in [0.5, 0.6) is 0 Å². The van der Waals surface area contributed by atoms with Crippen molar-refractivity contribution in [1.82, 2.24) is 4.90 Å². The Morgan fingerprint density at radius 1 is 0.897 bits per heavy atom. The summed E-state index contributed by atoms with van der Waals surface area (Å²) >= 11 is 0. The number of Topliss-reactive ketones (excluding diaryl/α,β-unsaturated/α-hetero) is 2. The van der Waals surface area contributed by atoms with Crippen LogP contribution < -0.4 is 0 Å². The van der Waals surface area contributed by atoms with Gasteiger partial charge in [0, 0.05) is 17.7 Å². The molecule has 0 aromatic carbocycles. The standard InChI is InChI=1S/C24H29NO4/c1-19(26)18-25-22-17-21(27)16-20(24(22)29)14-12-10-8-6-4-2-3-5-7-9-11-13-15-23(25)28/h2-3,9,11,13,15-17H,4-8,10,12,14,18H2,1H3/b3-2-,11-9-,15-13-. The minimum Gasteiger partial charge on any atom is -0.298 e. The van der Waals surface area contributed by atoms with E-state index in [-0.39, 0.29) is 29.6 Å². The number of nitrogens with zero attached hydrogens (tertiary/aromatic N) is 1. The molecule has 0 aromatic rings. The van der Waals surface area contributed by atoms with Crippen molar-refractivity contribution >= 4 is 23.3 Å². The molecule has 0 fully saturated rings. The van der Waals surface area contributed by atoms with E-state index in [1.165, 1.54) is 19.1 Å². The number of ketones is 3. The lowest BCUT2D eigenvalue weighted by atomic mass is 9.94. The van der Waals surface area contributed by atoms with E-state index in [1.807, 2.05) is 6.08 Å². The Morgan fingerprint density at radius 3 is 2.41 bits per heavy atom. The van der Waals surface area contributed by atoms with Crippen LogP contribution in [0.3, 0.4) is 0 Å². The van der Waals surface area contributed by atoms with Gasteiger partial charge in [0.2, 0.25) is 5.78 Å². The Hall–Kier alpha value is -2.82. The molecular formula is C24H29NO4. The number of allylic oxidation sites excluding steroid dienone is 8. The lowest BCUT2D eigenvalue weighted by Gasteiger charge is -2.24. The second kappa shape index (κ2) is 11.9. The minimum absolute atomic E-state index is 0.0107. The number of carbonyl (C=O) groups is 4. The molecule has 0 atom stereocenters. The molecule has 5 nitrogen and oxygen atoms in total. The molecule has 1 amide bonds. The molecule has 0 saturated heterocycles. The average Bonchev–Trinajstić information content (AvgIpc) is 2.67. The molecule has 1 aliphatic carbocycles. The first-order valence-corrected chi connectivity index (χ1v) is 10.3. The quantitative estimate of drug-likeness (QED) is 0.520. The molecular weight excluding hydrogens is 366 g/mol. The highest BCUT2D eigenvalue weighted by atomic mass is 16.2. The van der Waals surface area contributed by atoms with Crippen molar-refractivity contribution in [2.45, 2.75) is 58.3 Å². The van der Waals surface area contributed by atoms with Crippen LogP contribution in [0.4, 0.5) is 0 Å². The zero-order chi connectivity index (χ0) is 21.1. The van der Waals surface area contributed by atoms with Crippen LogP contribution in [0.2, 0.25) is 0 Å². The maximum absolute atomic E-state index is 12.9. The number of fused-ring (bicyclic) bond motifs is 2. The summed E-state index contributed by atoms with van der Waals surface area (Å²) in [6, 6.07) is 0. The molecule has 1 aliphatic heterocycles. The summed E-state index contributed by atoms with van der Waals surface area (Å²) in [7, 11) is 0.